The molecule has 1 aromatic rings. The van der Waals surface area contributed by atoms with Crippen molar-refractivity contribution in [1.82, 2.24) is 9.62 Å². The van der Waals surface area contributed by atoms with Gasteiger partial charge in [-0.05, 0) is 44.2 Å². The number of nitrogens with zero attached hydrogens (tertiary/aromatic N) is 1. The first-order valence-electron chi connectivity index (χ1n) is 7.15. The molecule has 1 aromatic heterocycles. The van der Waals surface area contributed by atoms with Gasteiger partial charge in [0.05, 0.1) is 4.34 Å². The van der Waals surface area contributed by atoms with E-state index in [1.165, 1.54) is 23.2 Å². The van der Waals surface area contributed by atoms with Crippen LogP contribution in [0.25, 0.3) is 0 Å². The minimum atomic E-state index is -3.51. The van der Waals surface area contributed by atoms with Crippen LogP contribution < -0.4 is 5.32 Å². The van der Waals surface area contributed by atoms with Gasteiger partial charge in [-0.25, -0.2) is 8.42 Å². The average Bonchev–Trinajstić information content (AvgIpc) is 3.21. The molecule has 9 heteroatoms. The smallest absolute Gasteiger partial charge is 0.245 e. The first-order chi connectivity index (χ1) is 9.96. The standard InChI is InChI=1S/C13H18Cl2N2O2S2.ClH/c14-12-7-11(13(15)20-12)21(18,19)17-5-3-10(4-6-17)16-8-9-1-2-9;/h7,9-10,16H,1-6,8H2;1H. The van der Waals surface area contributed by atoms with Gasteiger partial charge in [-0.2, -0.15) is 4.31 Å². The van der Waals surface area contributed by atoms with Crippen molar-refractivity contribution in [3.8, 4) is 0 Å². The fraction of sp³-hybridized carbons (Fsp3) is 0.692. The summed E-state index contributed by atoms with van der Waals surface area (Å²) in [5.74, 6) is 0.846. The second-order valence-corrected chi connectivity index (χ2v) is 9.91. The molecule has 0 unspecified atom stereocenters. The second kappa shape index (κ2) is 7.55. The van der Waals surface area contributed by atoms with Crippen molar-refractivity contribution < 1.29 is 8.42 Å². The summed E-state index contributed by atoms with van der Waals surface area (Å²) in [6.45, 7) is 2.15. The van der Waals surface area contributed by atoms with E-state index >= 15 is 0 Å². The second-order valence-electron chi connectivity index (χ2n) is 5.72. The summed E-state index contributed by atoms with van der Waals surface area (Å²) in [6.07, 6.45) is 4.36. The van der Waals surface area contributed by atoms with Gasteiger partial charge in [0.1, 0.15) is 9.23 Å². The van der Waals surface area contributed by atoms with E-state index in [-0.39, 0.29) is 21.6 Å². The molecule has 0 amide bonds. The molecule has 2 aliphatic rings. The first-order valence-corrected chi connectivity index (χ1v) is 10.2. The Labute approximate surface area is 151 Å². The summed E-state index contributed by atoms with van der Waals surface area (Å²) in [5.41, 5.74) is 0. The summed E-state index contributed by atoms with van der Waals surface area (Å²) in [7, 11) is -3.51. The largest absolute Gasteiger partial charge is 0.314 e. The van der Waals surface area contributed by atoms with Gasteiger partial charge in [-0.3, -0.25) is 0 Å². The highest BCUT2D eigenvalue weighted by Crippen LogP contribution is 2.36. The minimum absolute atomic E-state index is 0. The van der Waals surface area contributed by atoms with Gasteiger partial charge in [-0.1, -0.05) is 23.2 Å². The lowest BCUT2D eigenvalue weighted by molar-refractivity contribution is 0.288. The van der Waals surface area contributed by atoms with Crippen LogP contribution in [0.2, 0.25) is 8.67 Å². The first kappa shape index (κ1) is 18.8. The Morgan fingerprint density at radius 2 is 1.86 bits per heavy atom. The normalized spacial score (nSPS) is 20.8. The lowest BCUT2D eigenvalue weighted by atomic mass is 10.1. The molecular formula is C13H19Cl3N2O2S2. The van der Waals surface area contributed by atoms with E-state index in [9.17, 15) is 8.42 Å². The fourth-order valence-electron chi connectivity index (χ4n) is 2.60. The number of thiophene rings is 1. The zero-order chi connectivity index (χ0) is 15.0. The number of hydrogen-bond acceptors (Lipinski definition) is 4. The van der Waals surface area contributed by atoms with E-state index in [1.807, 2.05) is 0 Å². The zero-order valence-corrected chi connectivity index (χ0v) is 15.9. The maximum absolute atomic E-state index is 12.6. The predicted molar refractivity (Wildman–Crippen MR) is 94.1 cm³/mol. The summed E-state index contributed by atoms with van der Waals surface area (Å²) in [5, 5.41) is 3.54. The van der Waals surface area contributed by atoms with Crippen LogP contribution >= 0.6 is 46.9 Å². The van der Waals surface area contributed by atoms with Gasteiger partial charge in [0, 0.05) is 19.1 Å². The molecule has 0 bridgehead atoms. The van der Waals surface area contributed by atoms with Crippen LogP contribution in [0.1, 0.15) is 25.7 Å². The van der Waals surface area contributed by atoms with E-state index in [0.717, 1.165) is 36.6 Å². The van der Waals surface area contributed by atoms with Crippen molar-refractivity contribution in [1.29, 1.82) is 0 Å². The lowest BCUT2D eigenvalue weighted by Gasteiger charge is -2.31. The quantitative estimate of drug-likeness (QED) is 0.814. The molecule has 1 aliphatic heterocycles. The Hall–Kier alpha value is 0.440. The predicted octanol–water partition coefficient (Wildman–Crippen LogP) is 3.63. The van der Waals surface area contributed by atoms with Gasteiger partial charge in [-0.15, -0.1) is 23.7 Å². The van der Waals surface area contributed by atoms with Crippen LogP contribution in [-0.4, -0.2) is 38.4 Å². The Morgan fingerprint density at radius 3 is 2.36 bits per heavy atom. The van der Waals surface area contributed by atoms with Crippen LogP contribution in [0.3, 0.4) is 0 Å². The topological polar surface area (TPSA) is 49.4 Å². The van der Waals surface area contributed by atoms with E-state index in [2.05, 4.69) is 5.32 Å². The van der Waals surface area contributed by atoms with Gasteiger partial charge in [0.2, 0.25) is 10.0 Å². The molecular weight excluding hydrogens is 387 g/mol. The van der Waals surface area contributed by atoms with Crippen molar-refractivity contribution in [2.45, 2.75) is 36.6 Å². The Morgan fingerprint density at radius 1 is 1.23 bits per heavy atom. The third-order valence-electron chi connectivity index (χ3n) is 4.09. The molecule has 0 radical (unpaired) electrons. The Bertz CT molecular complexity index is 609. The molecule has 4 nitrogen and oxygen atoms in total. The van der Waals surface area contributed by atoms with Crippen LogP contribution in [0, 0.1) is 5.92 Å². The van der Waals surface area contributed by atoms with Crippen LogP contribution in [-0.2, 0) is 10.0 Å². The minimum Gasteiger partial charge on any atom is -0.314 e. The average molecular weight is 406 g/mol. The van der Waals surface area contributed by atoms with Crippen molar-refractivity contribution in [3.63, 3.8) is 0 Å². The Balaban J connectivity index is 0.00000176. The van der Waals surface area contributed by atoms with Crippen molar-refractivity contribution >= 4 is 57.0 Å². The fourth-order valence-corrected chi connectivity index (χ4v) is 6.18. The number of nitrogens with one attached hydrogen (secondary N) is 1. The highest BCUT2D eigenvalue weighted by molar-refractivity contribution is 7.89. The molecule has 0 aromatic carbocycles. The summed E-state index contributed by atoms with van der Waals surface area (Å²) in [4.78, 5) is 0.142. The monoisotopic (exact) mass is 404 g/mol. The van der Waals surface area contributed by atoms with Crippen molar-refractivity contribution in [2.75, 3.05) is 19.6 Å². The third-order valence-corrected chi connectivity index (χ3v) is 7.74. The molecule has 2 fully saturated rings. The summed E-state index contributed by atoms with van der Waals surface area (Å²) < 4.78 is 27.3. The summed E-state index contributed by atoms with van der Waals surface area (Å²) in [6, 6.07) is 1.87. The van der Waals surface area contributed by atoms with Crippen molar-refractivity contribution in [3.05, 3.63) is 14.7 Å². The number of rotatable bonds is 5. The van der Waals surface area contributed by atoms with Crippen LogP contribution in [0.15, 0.2) is 11.0 Å². The van der Waals surface area contributed by atoms with Gasteiger partial charge < -0.3 is 5.32 Å². The molecule has 0 spiro atoms. The van der Waals surface area contributed by atoms with Gasteiger partial charge in [0.15, 0.2) is 0 Å². The van der Waals surface area contributed by atoms with Crippen molar-refractivity contribution in [2.24, 2.45) is 5.92 Å². The Kier molecular flexibility index (Phi) is 6.44. The highest BCUT2D eigenvalue weighted by atomic mass is 35.5. The number of hydrogen-bond donors (Lipinski definition) is 1. The molecule has 0 atom stereocenters. The molecule has 1 N–H and O–H groups in total. The molecule has 22 heavy (non-hydrogen) atoms. The van der Waals surface area contributed by atoms with E-state index in [4.69, 9.17) is 23.2 Å². The number of sulfonamides is 1. The van der Waals surface area contributed by atoms with Crippen LogP contribution in [0.5, 0.6) is 0 Å². The molecule has 3 rings (SSSR count). The van der Waals surface area contributed by atoms with Gasteiger partial charge in [0.25, 0.3) is 0 Å². The molecule has 126 valence electrons. The van der Waals surface area contributed by atoms with Gasteiger partial charge >= 0.3 is 0 Å². The zero-order valence-electron chi connectivity index (χ0n) is 11.9. The van der Waals surface area contributed by atoms with E-state index in [1.54, 1.807) is 0 Å². The molecule has 1 aliphatic carbocycles. The maximum Gasteiger partial charge on any atom is 0.245 e. The molecule has 1 saturated heterocycles. The summed E-state index contributed by atoms with van der Waals surface area (Å²) >= 11 is 12.9. The number of piperidine rings is 1. The third kappa shape index (κ3) is 4.29. The van der Waals surface area contributed by atoms with E-state index < -0.39 is 10.0 Å². The highest BCUT2D eigenvalue weighted by Gasteiger charge is 2.32. The van der Waals surface area contributed by atoms with E-state index in [0.29, 0.717) is 23.5 Å². The maximum atomic E-state index is 12.6. The molecule has 2 heterocycles. The molecule has 1 saturated carbocycles. The lowest BCUT2D eigenvalue weighted by Crippen LogP contribution is -2.45. The van der Waals surface area contributed by atoms with Crippen LogP contribution in [0.4, 0.5) is 0 Å². The number of halogens is 3. The SMILES string of the molecule is Cl.O=S(=O)(c1cc(Cl)sc1Cl)N1CCC(NCC2CC2)CC1.